The number of hydrogen-bond donors (Lipinski definition) is 0. The van der Waals surface area contributed by atoms with Gasteiger partial charge in [0.05, 0.1) is 16.7 Å². The van der Waals surface area contributed by atoms with Crippen LogP contribution in [0.5, 0.6) is 0 Å². The number of ketones is 1. The molecule has 0 fully saturated rings. The SMILES string of the molecule is C=CCn1c2ccccc2n2c(C(C)=O)c(C)nc12. The van der Waals surface area contributed by atoms with Gasteiger partial charge in [-0.2, -0.15) is 0 Å². The predicted octanol–water partition coefficient (Wildman–Crippen LogP) is 2.99. The van der Waals surface area contributed by atoms with E-state index in [4.69, 9.17) is 0 Å². The zero-order valence-electron chi connectivity index (χ0n) is 11.1. The van der Waals surface area contributed by atoms with E-state index in [1.165, 1.54) is 0 Å². The molecular weight excluding hydrogens is 238 g/mol. The Morgan fingerprint density at radius 1 is 1.37 bits per heavy atom. The predicted molar refractivity (Wildman–Crippen MR) is 75.6 cm³/mol. The van der Waals surface area contributed by atoms with Gasteiger partial charge in [-0.3, -0.25) is 9.20 Å². The standard InChI is InChI=1S/C15H15N3O/c1-4-9-17-12-7-5-6-8-13(12)18-14(11(3)19)10(2)16-15(17)18/h4-8H,1,9H2,2-3H3. The molecular formula is C15H15N3O. The highest BCUT2D eigenvalue weighted by Crippen LogP contribution is 2.24. The van der Waals surface area contributed by atoms with Gasteiger partial charge in [0.2, 0.25) is 5.78 Å². The second-order valence-electron chi connectivity index (χ2n) is 4.63. The van der Waals surface area contributed by atoms with Crippen LogP contribution in [0.1, 0.15) is 23.1 Å². The average molecular weight is 253 g/mol. The Morgan fingerprint density at radius 2 is 2.05 bits per heavy atom. The van der Waals surface area contributed by atoms with Gasteiger partial charge in [-0.05, 0) is 19.1 Å². The van der Waals surface area contributed by atoms with Crippen LogP contribution in [-0.2, 0) is 6.54 Å². The molecule has 0 spiro atoms. The fourth-order valence-electron chi connectivity index (χ4n) is 2.63. The lowest BCUT2D eigenvalue weighted by molar-refractivity contribution is 0.101. The van der Waals surface area contributed by atoms with Crippen molar-refractivity contribution < 1.29 is 4.79 Å². The van der Waals surface area contributed by atoms with Crippen LogP contribution >= 0.6 is 0 Å². The van der Waals surface area contributed by atoms with Crippen LogP contribution in [0.2, 0.25) is 0 Å². The zero-order valence-corrected chi connectivity index (χ0v) is 11.1. The second kappa shape index (κ2) is 4.09. The van der Waals surface area contributed by atoms with Crippen LogP contribution in [0, 0.1) is 6.92 Å². The maximum absolute atomic E-state index is 11.9. The minimum Gasteiger partial charge on any atom is -0.306 e. The number of para-hydroxylation sites is 2. The Hall–Kier alpha value is -2.36. The number of rotatable bonds is 3. The smallest absolute Gasteiger partial charge is 0.216 e. The van der Waals surface area contributed by atoms with Gasteiger partial charge in [0.25, 0.3) is 0 Å². The Labute approximate surface area is 111 Å². The Bertz CT molecular complexity index is 808. The number of allylic oxidation sites excluding steroid dienone is 1. The van der Waals surface area contributed by atoms with E-state index in [1.54, 1.807) is 6.92 Å². The normalized spacial score (nSPS) is 11.3. The van der Waals surface area contributed by atoms with E-state index in [0.29, 0.717) is 12.2 Å². The number of aromatic nitrogens is 3. The zero-order chi connectivity index (χ0) is 13.6. The molecule has 2 heterocycles. The highest BCUT2D eigenvalue weighted by molar-refractivity contribution is 5.97. The van der Waals surface area contributed by atoms with Crippen molar-refractivity contribution >= 4 is 22.6 Å². The Kier molecular flexibility index (Phi) is 2.52. The maximum Gasteiger partial charge on any atom is 0.216 e. The highest BCUT2D eigenvalue weighted by Gasteiger charge is 2.19. The third-order valence-electron chi connectivity index (χ3n) is 3.33. The van der Waals surface area contributed by atoms with E-state index in [0.717, 1.165) is 22.5 Å². The van der Waals surface area contributed by atoms with Gasteiger partial charge in [-0.25, -0.2) is 4.98 Å². The number of benzene rings is 1. The van der Waals surface area contributed by atoms with E-state index in [1.807, 2.05) is 41.7 Å². The van der Waals surface area contributed by atoms with E-state index in [2.05, 4.69) is 16.1 Å². The fourth-order valence-corrected chi connectivity index (χ4v) is 2.63. The van der Waals surface area contributed by atoms with Crippen molar-refractivity contribution in [2.45, 2.75) is 20.4 Å². The first-order valence-electron chi connectivity index (χ1n) is 6.23. The molecule has 3 aromatic rings. The van der Waals surface area contributed by atoms with E-state index in [-0.39, 0.29) is 5.78 Å². The van der Waals surface area contributed by atoms with Crippen LogP contribution in [0.4, 0.5) is 0 Å². The average Bonchev–Trinajstić information content (AvgIpc) is 2.85. The van der Waals surface area contributed by atoms with Crippen molar-refractivity contribution in [1.82, 2.24) is 14.0 Å². The number of nitrogens with zero attached hydrogens (tertiary/aromatic N) is 3. The Balaban J connectivity index is 2.55. The van der Waals surface area contributed by atoms with Crippen molar-refractivity contribution in [2.75, 3.05) is 0 Å². The van der Waals surface area contributed by atoms with Crippen molar-refractivity contribution in [2.24, 2.45) is 0 Å². The molecule has 96 valence electrons. The molecule has 0 unspecified atom stereocenters. The first-order valence-corrected chi connectivity index (χ1v) is 6.23. The van der Waals surface area contributed by atoms with Crippen LogP contribution in [-0.4, -0.2) is 19.7 Å². The van der Waals surface area contributed by atoms with Crippen molar-refractivity contribution in [3.8, 4) is 0 Å². The molecule has 0 saturated carbocycles. The van der Waals surface area contributed by atoms with Gasteiger partial charge in [0.1, 0.15) is 5.69 Å². The maximum atomic E-state index is 11.9. The Morgan fingerprint density at radius 3 is 2.68 bits per heavy atom. The molecule has 1 aromatic carbocycles. The summed E-state index contributed by atoms with van der Waals surface area (Å²) < 4.78 is 4.01. The van der Waals surface area contributed by atoms with Crippen LogP contribution in [0.3, 0.4) is 0 Å². The van der Waals surface area contributed by atoms with E-state index < -0.39 is 0 Å². The molecule has 0 aliphatic heterocycles. The number of imidazole rings is 2. The number of hydrogen-bond acceptors (Lipinski definition) is 2. The van der Waals surface area contributed by atoms with Gasteiger partial charge in [0, 0.05) is 13.5 Å². The van der Waals surface area contributed by atoms with E-state index >= 15 is 0 Å². The van der Waals surface area contributed by atoms with Gasteiger partial charge < -0.3 is 4.57 Å². The van der Waals surface area contributed by atoms with Crippen LogP contribution in [0.15, 0.2) is 36.9 Å². The lowest BCUT2D eigenvalue weighted by atomic mass is 10.2. The van der Waals surface area contributed by atoms with Crippen molar-refractivity contribution in [1.29, 1.82) is 0 Å². The summed E-state index contributed by atoms with van der Waals surface area (Å²) in [5.41, 5.74) is 3.50. The lowest BCUT2D eigenvalue weighted by Crippen LogP contribution is -1.99. The number of fused-ring (bicyclic) bond motifs is 3. The number of aryl methyl sites for hydroxylation is 1. The minimum atomic E-state index is 0.0338. The van der Waals surface area contributed by atoms with Gasteiger partial charge in [-0.15, -0.1) is 6.58 Å². The monoisotopic (exact) mass is 253 g/mol. The van der Waals surface area contributed by atoms with Gasteiger partial charge in [0.15, 0.2) is 5.78 Å². The summed E-state index contributed by atoms with van der Waals surface area (Å²) in [6.07, 6.45) is 1.84. The number of carbonyl (C=O) groups excluding carboxylic acids is 1. The molecule has 4 heteroatoms. The molecule has 3 rings (SSSR count). The van der Waals surface area contributed by atoms with Crippen LogP contribution < -0.4 is 0 Å². The molecule has 0 atom stereocenters. The quantitative estimate of drug-likeness (QED) is 0.531. The second-order valence-corrected chi connectivity index (χ2v) is 4.63. The molecule has 2 aromatic heterocycles. The van der Waals surface area contributed by atoms with Crippen molar-refractivity contribution in [3.63, 3.8) is 0 Å². The third kappa shape index (κ3) is 1.53. The minimum absolute atomic E-state index is 0.0338. The lowest BCUT2D eigenvalue weighted by Gasteiger charge is -1.99. The molecule has 0 N–H and O–H groups in total. The number of carbonyl (C=O) groups is 1. The first-order chi connectivity index (χ1) is 9.15. The highest BCUT2D eigenvalue weighted by atomic mass is 16.1. The molecule has 4 nitrogen and oxygen atoms in total. The summed E-state index contributed by atoms with van der Waals surface area (Å²) in [5, 5.41) is 0. The molecule has 0 aliphatic rings. The summed E-state index contributed by atoms with van der Waals surface area (Å²) in [5.74, 6) is 0.829. The largest absolute Gasteiger partial charge is 0.306 e. The molecule has 0 amide bonds. The molecule has 0 bridgehead atoms. The fraction of sp³-hybridized carbons (Fsp3) is 0.200. The summed E-state index contributed by atoms with van der Waals surface area (Å²) in [4.78, 5) is 16.4. The van der Waals surface area contributed by atoms with Gasteiger partial charge >= 0.3 is 0 Å². The van der Waals surface area contributed by atoms with Crippen molar-refractivity contribution in [3.05, 3.63) is 48.3 Å². The first kappa shape index (κ1) is 11.7. The third-order valence-corrected chi connectivity index (χ3v) is 3.33. The van der Waals surface area contributed by atoms with E-state index in [9.17, 15) is 4.79 Å². The van der Waals surface area contributed by atoms with Gasteiger partial charge in [-0.1, -0.05) is 18.2 Å². The summed E-state index contributed by atoms with van der Waals surface area (Å²) in [6.45, 7) is 7.91. The summed E-state index contributed by atoms with van der Waals surface area (Å²) in [7, 11) is 0. The molecule has 0 radical (unpaired) electrons. The summed E-state index contributed by atoms with van der Waals surface area (Å²) >= 11 is 0. The molecule has 0 aliphatic carbocycles. The topological polar surface area (TPSA) is 39.3 Å². The van der Waals surface area contributed by atoms with Crippen LogP contribution in [0.25, 0.3) is 16.8 Å². The summed E-state index contributed by atoms with van der Waals surface area (Å²) in [6, 6.07) is 8.00. The molecule has 0 saturated heterocycles. The number of Topliss-reactive ketones (excluding diaryl/α,β-unsaturated/α-hetero) is 1. The molecule has 19 heavy (non-hydrogen) atoms.